The average molecular weight is 475 g/mol. The highest BCUT2D eigenvalue weighted by Crippen LogP contribution is 2.32. The minimum atomic E-state index is -3.57. The second-order valence-corrected chi connectivity index (χ2v) is 9.18. The number of pyridine rings is 1. The summed E-state index contributed by atoms with van der Waals surface area (Å²) in [6.07, 6.45) is 1.41. The molecule has 0 bridgehead atoms. The van der Waals surface area contributed by atoms with Gasteiger partial charge < -0.3 is 10.1 Å². The molecule has 7 nitrogen and oxygen atoms in total. The summed E-state index contributed by atoms with van der Waals surface area (Å²) in [5.41, 5.74) is 1.95. The largest absolute Gasteiger partial charge is 0.435 e. The molecule has 0 aliphatic carbocycles. The summed E-state index contributed by atoms with van der Waals surface area (Å²) >= 11 is 0. The second kappa shape index (κ2) is 10.1. The van der Waals surface area contributed by atoms with E-state index in [9.17, 15) is 22.5 Å². The predicted octanol–water partition coefficient (Wildman–Crippen LogP) is 4.91. The minimum Gasteiger partial charge on any atom is -0.435 e. The van der Waals surface area contributed by atoms with Gasteiger partial charge in [0.2, 0.25) is 10.0 Å². The zero-order chi connectivity index (χ0) is 24.2. The molecular weight excluding hydrogens is 450 g/mol. The molecule has 33 heavy (non-hydrogen) atoms. The van der Waals surface area contributed by atoms with Gasteiger partial charge in [-0.25, -0.2) is 8.42 Å². The van der Waals surface area contributed by atoms with Crippen molar-refractivity contribution in [2.45, 2.75) is 38.3 Å². The van der Waals surface area contributed by atoms with Gasteiger partial charge in [0.25, 0.3) is 0 Å². The van der Waals surface area contributed by atoms with E-state index in [0.717, 1.165) is 5.56 Å². The first kappa shape index (κ1) is 24.4. The van der Waals surface area contributed by atoms with Gasteiger partial charge in [-0.05, 0) is 42.8 Å². The Hall–Kier alpha value is -3.29. The molecule has 1 unspecified atom stereocenters. The third-order valence-corrected chi connectivity index (χ3v) is 7.33. The summed E-state index contributed by atoms with van der Waals surface area (Å²) in [6.45, 7) is 3.19. The molecule has 1 atom stereocenters. The predicted molar refractivity (Wildman–Crippen MR) is 122 cm³/mol. The molecule has 1 N–H and O–H groups in total. The fraction of sp³-hybridized carbons (Fsp3) is 0.304. The third kappa shape index (κ3) is 5.21. The number of nitrogens with zero attached hydrogens (tertiary/aromatic N) is 3. The van der Waals surface area contributed by atoms with Crippen LogP contribution in [0.5, 0.6) is 5.75 Å². The maximum Gasteiger partial charge on any atom is 0.387 e. The third-order valence-electron chi connectivity index (χ3n) is 5.27. The van der Waals surface area contributed by atoms with Crippen LogP contribution >= 0.6 is 0 Å². The number of nitrogens with one attached hydrogen (secondary N) is 1. The van der Waals surface area contributed by atoms with Crippen molar-refractivity contribution in [3.05, 3.63) is 59.8 Å². The highest BCUT2D eigenvalue weighted by atomic mass is 32.2. The van der Waals surface area contributed by atoms with E-state index in [1.54, 1.807) is 38.1 Å². The number of hydrogen-bond donors (Lipinski definition) is 1. The number of sulfonamides is 1. The van der Waals surface area contributed by atoms with E-state index in [0.29, 0.717) is 29.7 Å². The summed E-state index contributed by atoms with van der Waals surface area (Å²) < 4.78 is 56.6. The molecule has 0 aliphatic rings. The smallest absolute Gasteiger partial charge is 0.387 e. The molecule has 0 radical (unpaired) electrons. The Labute approximate surface area is 191 Å². The molecule has 3 aromatic rings. The van der Waals surface area contributed by atoms with Crippen molar-refractivity contribution in [2.75, 3.05) is 18.4 Å². The Balaban J connectivity index is 1.94. The molecular formula is C23H24F2N4O3S. The summed E-state index contributed by atoms with van der Waals surface area (Å²) in [5.74, 6) is -0.0453. The molecule has 0 spiro atoms. The van der Waals surface area contributed by atoms with Crippen molar-refractivity contribution < 1.29 is 21.9 Å². The van der Waals surface area contributed by atoms with Crippen molar-refractivity contribution in [3.8, 4) is 11.8 Å². The van der Waals surface area contributed by atoms with Gasteiger partial charge in [-0.15, -0.1) is 0 Å². The van der Waals surface area contributed by atoms with Crippen molar-refractivity contribution in [3.63, 3.8) is 0 Å². The van der Waals surface area contributed by atoms with Gasteiger partial charge in [0.1, 0.15) is 11.8 Å². The van der Waals surface area contributed by atoms with Crippen LogP contribution in [0.1, 0.15) is 37.9 Å². The van der Waals surface area contributed by atoms with Crippen LogP contribution in [-0.4, -0.2) is 37.4 Å². The number of ether oxygens (including phenoxy) is 1. The molecule has 0 amide bonds. The van der Waals surface area contributed by atoms with Gasteiger partial charge in [0, 0.05) is 30.7 Å². The van der Waals surface area contributed by atoms with E-state index in [2.05, 4.69) is 21.1 Å². The standard InChI is InChI=1S/C23H24F2N4O3S/c1-4-29(5-2)33(30,31)19-9-6-16(7-10-19)15(3)28-22-17(13-26)14-27-21-11-8-18(12-20(21)22)32-23(24)25/h6-12,14-15,23H,4-5H2,1-3H3,(H,27,28). The fourth-order valence-electron chi connectivity index (χ4n) is 3.53. The van der Waals surface area contributed by atoms with Gasteiger partial charge in [-0.1, -0.05) is 26.0 Å². The maximum absolute atomic E-state index is 12.7. The molecule has 10 heteroatoms. The van der Waals surface area contributed by atoms with Crippen LogP contribution in [0.2, 0.25) is 0 Å². The number of alkyl halides is 2. The van der Waals surface area contributed by atoms with E-state index in [4.69, 9.17) is 0 Å². The normalized spacial score (nSPS) is 12.7. The summed E-state index contributed by atoms with van der Waals surface area (Å²) in [5, 5.41) is 13.2. The van der Waals surface area contributed by atoms with E-state index in [1.807, 2.05) is 6.92 Å². The van der Waals surface area contributed by atoms with Gasteiger partial charge in [-0.3, -0.25) is 4.98 Å². The van der Waals surface area contributed by atoms with Gasteiger partial charge in [-0.2, -0.15) is 18.3 Å². The molecule has 3 rings (SSSR count). The van der Waals surface area contributed by atoms with Crippen LogP contribution in [0.3, 0.4) is 0 Å². The highest BCUT2D eigenvalue weighted by Gasteiger charge is 2.22. The number of aromatic nitrogens is 1. The first-order chi connectivity index (χ1) is 15.7. The van der Waals surface area contributed by atoms with Crippen LogP contribution in [0.15, 0.2) is 53.6 Å². The first-order valence-electron chi connectivity index (χ1n) is 10.4. The Bertz CT molecular complexity index is 1270. The molecule has 0 saturated carbocycles. The number of hydrogen-bond acceptors (Lipinski definition) is 6. The Morgan fingerprint density at radius 2 is 1.82 bits per heavy atom. The quantitative estimate of drug-likeness (QED) is 0.473. The molecule has 0 aliphatic heterocycles. The van der Waals surface area contributed by atoms with Gasteiger partial charge in [0.15, 0.2) is 0 Å². The van der Waals surface area contributed by atoms with Crippen LogP contribution in [0.4, 0.5) is 14.5 Å². The van der Waals surface area contributed by atoms with E-state index >= 15 is 0 Å². The topological polar surface area (TPSA) is 95.3 Å². The summed E-state index contributed by atoms with van der Waals surface area (Å²) in [6, 6.07) is 12.6. The van der Waals surface area contributed by atoms with Gasteiger partial charge >= 0.3 is 6.61 Å². The number of nitriles is 1. The number of fused-ring (bicyclic) bond motifs is 1. The SMILES string of the molecule is CCN(CC)S(=O)(=O)c1ccc(C(C)Nc2c(C#N)cnc3ccc(OC(F)F)cc23)cc1. The van der Waals surface area contributed by atoms with Crippen molar-refractivity contribution in [1.29, 1.82) is 5.26 Å². The van der Waals surface area contributed by atoms with Crippen LogP contribution in [0.25, 0.3) is 10.9 Å². The van der Waals surface area contributed by atoms with Crippen molar-refractivity contribution >= 4 is 26.6 Å². The van der Waals surface area contributed by atoms with E-state index < -0.39 is 16.6 Å². The maximum atomic E-state index is 12.7. The minimum absolute atomic E-state index is 0.0453. The molecule has 1 heterocycles. The second-order valence-electron chi connectivity index (χ2n) is 7.24. The van der Waals surface area contributed by atoms with E-state index in [-0.39, 0.29) is 22.3 Å². The zero-order valence-electron chi connectivity index (χ0n) is 18.4. The van der Waals surface area contributed by atoms with Gasteiger partial charge in [0.05, 0.1) is 21.7 Å². The zero-order valence-corrected chi connectivity index (χ0v) is 19.2. The lowest BCUT2D eigenvalue weighted by Gasteiger charge is -2.20. The average Bonchev–Trinajstić information content (AvgIpc) is 2.79. The lowest BCUT2D eigenvalue weighted by atomic mass is 10.1. The Kier molecular flexibility index (Phi) is 7.46. The number of halogens is 2. The Morgan fingerprint density at radius 3 is 2.39 bits per heavy atom. The molecule has 174 valence electrons. The number of rotatable bonds is 9. The van der Waals surface area contributed by atoms with Crippen LogP contribution in [-0.2, 0) is 10.0 Å². The summed E-state index contributed by atoms with van der Waals surface area (Å²) in [4.78, 5) is 4.40. The molecule has 0 fully saturated rings. The fourth-order valence-corrected chi connectivity index (χ4v) is 4.99. The van der Waals surface area contributed by atoms with Crippen LogP contribution < -0.4 is 10.1 Å². The molecule has 1 aromatic heterocycles. The lowest BCUT2D eigenvalue weighted by Crippen LogP contribution is -2.30. The van der Waals surface area contributed by atoms with Crippen molar-refractivity contribution in [1.82, 2.24) is 9.29 Å². The molecule has 0 saturated heterocycles. The Morgan fingerprint density at radius 1 is 1.15 bits per heavy atom. The van der Waals surface area contributed by atoms with E-state index in [1.165, 1.54) is 28.7 Å². The summed E-state index contributed by atoms with van der Waals surface area (Å²) in [7, 11) is -3.57. The molecule has 2 aromatic carbocycles. The first-order valence-corrected chi connectivity index (χ1v) is 11.8. The monoisotopic (exact) mass is 474 g/mol. The van der Waals surface area contributed by atoms with Crippen molar-refractivity contribution in [2.24, 2.45) is 0 Å². The lowest BCUT2D eigenvalue weighted by molar-refractivity contribution is -0.0497. The highest BCUT2D eigenvalue weighted by molar-refractivity contribution is 7.89. The number of benzene rings is 2. The van der Waals surface area contributed by atoms with Crippen LogP contribution in [0, 0.1) is 11.3 Å². The number of anilines is 1.